The largest absolute Gasteiger partial charge is 0.520 e. The van der Waals surface area contributed by atoms with Crippen molar-refractivity contribution < 1.29 is 9.53 Å². The third-order valence-electron chi connectivity index (χ3n) is 3.10. The maximum Gasteiger partial charge on any atom is 0.520 e. The number of carbonyl (C=O) groups excluding carboxylic acids is 1. The molecule has 0 aromatic heterocycles. The summed E-state index contributed by atoms with van der Waals surface area (Å²) in [5.74, 6) is 0. The van der Waals surface area contributed by atoms with E-state index in [0.717, 1.165) is 11.3 Å². The van der Waals surface area contributed by atoms with E-state index < -0.39 is 0 Å². The number of aryl methyl sites for hydroxylation is 1. The second-order valence-corrected chi connectivity index (χ2v) is 3.91. The average molecular weight is 222 g/mol. The second kappa shape index (κ2) is 5.12. The van der Waals surface area contributed by atoms with E-state index in [4.69, 9.17) is 4.74 Å². The van der Waals surface area contributed by atoms with Crippen molar-refractivity contribution in [1.82, 2.24) is 4.48 Å². The van der Waals surface area contributed by atoms with Gasteiger partial charge in [0.05, 0.1) is 20.2 Å². The van der Waals surface area contributed by atoms with E-state index >= 15 is 0 Å². The Morgan fingerprint density at radius 3 is 2.38 bits per heavy atom. The predicted octanol–water partition coefficient (Wildman–Crippen LogP) is 3.11. The van der Waals surface area contributed by atoms with E-state index in [2.05, 4.69) is 0 Å². The molecule has 0 bridgehead atoms. The molecule has 0 aliphatic rings. The van der Waals surface area contributed by atoms with Crippen LogP contribution in [0.4, 0.5) is 10.5 Å². The number of benzene rings is 1. The highest BCUT2D eigenvalue weighted by Crippen LogP contribution is 2.25. The van der Waals surface area contributed by atoms with Crippen LogP contribution >= 0.6 is 0 Å². The Bertz CT molecular complexity index is 370. The Kier molecular flexibility index (Phi) is 4.07. The monoisotopic (exact) mass is 222 g/mol. The predicted molar refractivity (Wildman–Crippen MR) is 66.5 cm³/mol. The Hall–Kier alpha value is -1.35. The molecule has 1 amide bonds. The molecule has 0 radical (unpaired) electrons. The smallest absolute Gasteiger partial charge is 0.423 e. The molecular weight excluding hydrogens is 202 g/mol. The number of carbonyl (C=O) groups is 1. The van der Waals surface area contributed by atoms with E-state index in [-0.39, 0.29) is 10.6 Å². The minimum Gasteiger partial charge on any atom is -0.423 e. The topological polar surface area (TPSA) is 26.3 Å². The number of rotatable bonds is 3. The second-order valence-electron chi connectivity index (χ2n) is 3.91. The molecule has 0 fully saturated rings. The summed E-state index contributed by atoms with van der Waals surface area (Å²) in [6.07, 6.45) is -0.199. The normalized spacial score (nSPS) is 11.2. The van der Waals surface area contributed by atoms with Crippen LogP contribution in [0.5, 0.6) is 0 Å². The van der Waals surface area contributed by atoms with Gasteiger partial charge in [0.2, 0.25) is 0 Å². The fourth-order valence-electron chi connectivity index (χ4n) is 2.02. The van der Waals surface area contributed by atoms with Crippen LogP contribution in [0.3, 0.4) is 0 Å². The molecule has 3 heteroatoms. The molecule has 0 aliphatic carbocycles. The van der Waals surface area contributed by atoms with Crippen LogP contribution in [0.2, 0.25) is 0 Å². The number of hydrogen-bond acceptors (Lipinski definition) is 2. The van der Waals surface area contributed by atoms with E-state index in [0.29, 0.717) is 13.1 Å². The van der Waals surface area contributed by atoms with Crippen LogP contribution in [-0.2, 0) is 4.74 Å². The highest BCUT2D eigenvalue weighted by Gasteiger charge is 2.37. The minimum absolute atomic E-state index is 0.199. The maximum atomic E-state index is 12.0. The number of nitrogens with zero attached hydrogens (tertiary/aromatic N) is 1. The van der Waals surface area contributed by atoms with Gasteiger partial charge in [-0.15, -0.1) is 0 Å². The molecule has 0 spiro atoms. The van der Waals surface area contributed by atoms with Crippen LogP contribution < -0.4 is 4.48 Å². The standard InChI is InChI=1S/C13H20NO2/c1-5-14(6-2,13(15)16-4)12-9-7-8-11(3)10-12/h7-10H,5-6H2,1-4H3/q+1. The van der Waals surface area contributed by atoms with Crippen LogP contribution in [0, 0.1) is 6.92 Å². The van der Waals surface area contributed by atoms with E-state index in [1.807, 2.05) is 45.0 Å². The van der Waals surface area contributed by atoms with Crippen molar-refractivity contribution in [3.05, 3.63) is 29.8 Å². The van der Waals surface area contributed by atoms with Gasteiger partial charge < -0.3 is 4.74 Å². The highest BCUT2D eigenvalue weighted by molar-refractivity contribution is 5.82. The van der Waals surface area contributed by atoms with Crippen LogP contribution in [0.25, 0.3) is 0 Å². The average Bonchev–Trinajstić information content (AvgIpc) is 2.31. The van der Waals surface area contributed by atoms with Crippen LogP contribution in [0.1, 0.15) is 19.4 Å². The first-order valence-corrected chi connectivity index (χ1v) is 5.63. The summed E-state index contributed by atoms with van der Waals surface area (Å²) in [5, 5.41) is 0. The molecule has 0 atom stereocenters. The highest BCUT2D eigenvalue weighted by atomic mass is 16.5. The summed E-state index contributed by atoms with van der Waals surface area (Å²) in [7, 11) is 1.44. The van der Waals surface area contributed by atoms with Crippen LogP contribution in [-0.4, -0.2) is 26.3 Å². The van der Waals surface area contributed by atoms with Crippen molar-refractivity contribution >= 4 is 11.8 Å². The van der Waals surface area contributed by atoms with Crippen molar-refractivity contribution in [1.29, 1.82) is 0 Å². The van der Waals surface area contributed by atoms with E-state index in [9.17, 15) is 4.79 Å². The summed E-state index contributed by atoms with van der Waals surface area (Å²) in [5.41, 5.74) is 2.16. The lowest BCUT2D eigenvalue weighted by molar-refractivity contribution is 0.129. The lowest BCUT2D eigenvalue weighted by Gasteiger charge is -2.31. The summed E-state index contributed by atoms with van der Waals surface area (Å²) in [6, 6.07) is 8.04. The number of hydrogen-bond donors (Lipinski definition) is 0. The van der Waals surface area contributed by atoms with Gasteiger partial charge in [0.15, 0.2) is 0 Å². The molecule has 1 aromatic rings. The molecule has 16 heavy (non-hydrogen) atoms. The molecule has 88 valence electrons. The molecule has 1 aromatic carbocycles. The van der Waals surface area contributed by atoms with Gasteiger partial charge in [0, 0.05) is 6.07 Å². The van der Waals surface area contributed by atoms with E-state index in [1.165, 1.54) is 7.11 Å². The molecule has 0 aliphatic heterocycles. The van der Waals surface area contributed by atoms with Gasteiger partial charge in [0.25, 0.3) is 0 Å². The van der Waals surface area contributed by atoms with Gasteiger partial charge >= 0.3 is 6.09 Å². The lowest BCUT2D eigenvalue weighted by Crippen LogP contribution is -2.54. The summed E-state index contributed by atoms with van der Waals surface area (Å²) in [4.78, 5) is 12.0. The molecule has 0 saturated carbocycles. The van der Waals surface area contributed by atoms with Crippen molar-refractivity contribution in [3.63, 3.8) is 0 Å². The van der Waals surface area contributed by atoms with Crippen LogP contribution in [0.15, 0.2) is 24.3 Å². The first kappa shape index (κ1) is 12.7. The van der Waals surface area contributed by atoms with Gasteiger partial charge in [0.1, 0.15) is 5.69 Å². The van der Waals surface area contributed by atoms with Crippen molar-refractivity contribution in [2.24, 2.45) is 0 Å². The SMILES string of the molecule is CC[N+](CC)(C(=O)OC)c1cccc(C)c1. The zero-order valence-electron chi connectivity index (χ0n) is 10.5. The van der Waals surface area contributed by atoms with Crippen molar-refractivity contribution in [2.75, 3.05) is 20.2 Å². The molecule has 1 rings (SSSR count). The van der Waals surface area contributed by atoms with E-state index in [1.54, 1.807) is 0 Å². The van der Waals surface area contributed by atoms with Gasteiger partial charge in [-0.05, 0) is 32.4 Å². The Morgan fingerprint density at radius 1 is 1.31 bits per heavy atom. The molecule has 3 nitrogen and oxygen atoms in total. The number of ether oxygens (including phenoxy) is 1. The Labute approximate surface area is 97.2 Å². The van der Waals surface area contributed by atoms with Crippen molar-refractivity contribution in [3.8, 4) is 0 Å². The quantitative estimate of drug-likeness (QED) is 0.734. The maximum absolute atomic E-state index is 12.0. The van der Waals surface area contributed by atoms with Crippen molar-refractivity contribution in [2.45, 2.75) is 20.8 Å². The zero-order chi connectivity index (χ0) is 12.2. The van der Waals surface area contributed by atoms with Gasteiger partial charge in [-0.1, -0.05) is 12.1 Å². The number of methoxy groups -OCH3 is 1. The summed E-state index contributed by atoms with van der Waals surface area (Å²) < 4.78 is 5.17. The molecule has 0 unspecified atom stereocenters. The molecular formula is C13H20NO2+. The first-order chi connectivity index (χ1) is 7.60. The van der Waals surface area contributed by atoms with Gasteiger partial charge in [-0.25, -0.2) is 0 Å². The summed E-state index contributed by atoms with van der Waals surface area (Å²) >= 11 is 0. The minimum atomic E-state index is -0.199. The Morgan fingerprint density at radius 2 is 1.94 bits per heavy atom. The number of quaternary nitrogens is 1. The molecule has 0 heterocycles. The van der Waals surface area contributed by atoms with Gasteiger partial charge in [-0.3, -0.25) is 0 Å². The fourth-order valence-corrected chi connectivity index (χ4v) is 2.02. The summed E-state index contributed by atoms with van der Waals surface area (Å²) in [6.45, 7) is 7.44. The molecule has 0 N–H and O–H groups in total. The first-order valence-electron chi connectivity index (χ1n) is 5.63. The third kappa shape index (κ3) is 2.09. The fraction of sp³-hybridized carbons (Fsp3) is 0.462. The zero-order valence-corrected chi connectivity index (χ0v) is 10.5. The lowest BCUT2D eigenvalue weighted by atomic mass is 10.2. The Balaban J connectivity index is 3.25. The third-order valence-corrected chi connectivity index (χ3v) is 3.10. The number of amides is 1. The van der Waals surface area contributed by atoms with Gasteiger partial charge in [-0.2, -0.15) is 9.28 Å². The molecule has 0 saturated heterocycles.